The highest BCUT2D eigenvalue weighted by Gasteiger charge is 2.26. The third kappa shape index (κ3) is 5.30. The van der Waals surface area contributed by atoms with Gasteiger partial charge in [-0.1, -0.05) is 0 Å². The van der Waals surface area contributed by atoms with Gasteiger partial charge in [0.15, 0.2) is 12.2 Å². The van der Waals surface area contributed by atoms with Gasteiger partial charge in [-0.15, -0.1) is 0 Å². The maximum absolute atomic E-state index is 10.9. The van der Waals surface area contributed by atoms with Gasteiger partial charge in [0.2, 0.25) is 0 Å². The van der Waals surface area contributed by atoms with Gasteiger partial charge in [0, 0.05) is 0 Å². The number of carboxylic acid groups (broad SMARTS) is 2. The van der Waals surface area contributed by atoms with Crippen LogP contribution in [-0.2, 0) is 28.4 Å². The smallest absolute Gasteiger partial charge is 0.401 e. The van der Waals surface area contributed by atoms with Gasteiger partial charge < -0.3 is 10.2 Å². The predicted molar refractivity (Wildman–Crippen MR) is 45.3 cm³/mol. The number of hydrogen-bond donors (Lipinski definition) is 2. The molecule has 0 amide bonds. The molecule has 0 heterocycles. The molecule has 0 aromatic heterocycles. The Balaban J connectivity index is 4.45. The highest BCUT2D eigenvalue weighted by Crippen LogP contribution is 2.05. The second-order valence-corrected chi connectivity index (χ2v) is 3.76. The van der Waals surface area contributed by atoms with E-state index in [9.17, 15) is 18.0 Å². The van der Waals surface area contributed by atoms with E-state index in [1.54, 1.807) is 0 Å². The van der Waals surface area contributed by atoms with Crippen LogP contribution >= 0.6 is 0 Å². The van der Waals surface area contributed by atoms with E-state index in [0.717, 1.165) is 13.8 Å². The molecule has 0 aromatic rings. The summed E-state index contributed by atoms with van der Waals surface area (Å²) >= 11 is 0. The maximum atomic E-state index is 10.9. The summed E-state index contributed by atoms with van der Waals surface area (Å²) in [5.74, 6) is -3.02. The lowest BCUT2D eigenvalue weighted by atomic mass is 10.4. The molecule has 0 saturated carbocycles. The summed E-state index contributed by atoms with van der Waals surface area (Å²) in [5.41, 5.74) is 0. The quantitative estimate of drug-likeness (QED) is 0.620. The van der Waals surface area contributed by atoms with Gasteiger partial charge in [0.1, 0.15) is 0 Å². The molecule has 0 aliphatic heterocycles. The molecule has 0 bridgehead atoms. The topological polar surface area (TPSA) is 127 Å². The number of hydrogen-bond acceptors (Lipinski definition) is 6. The molecule has 2 N–H and O–H groups in total. The zero-order valence-electron chi connectivity index (χ0n) is 7.91. The molecule has 0 radical (unpaired) electrons. The summed E-state index contributed by atoms with van der Waals surface area (Å²) in [5, 5.41) is 16.7. The molecule has 88 valence electrons. The summed E-state index contributed by atoms with van der Waals surface area (Å²) in [7, 11) is -4.63. The third-order valence-corrected chi connectivity index (χ3v) is 2.27. The maximum Gasteiger partial charge on any atom is 0.401 e. The second kappa shape index (κ2) is 5.05. The van der Waals surface area contributed by atoms with E-state index in [4.69, 9.17) is 10.2 Å². The summed E-state index contributed by atoms with van der Waals surface area (Å²) in [6.45, 7) is 1.93. The van der Waals surface area contributed by atoms with Crippen molar-refractivity contribution in [3.8, 4) is 0 Å². The first-order valence-corrected chi connectivity index (χ1v) is 5.06. The van der Waals surface area contributed by atoms with Gasteiger partial charge in [-0.3, -0.25) is 0 Å². The molecule has 0 spiro atoms. The molecule has 0 rings (SSSR count). The Hall–Kier alpha value is -1.19. The summed E-state index contributed by atoms with van der Waals surface area (Å²) in [6.07, 6.45) is -3.29. The molecular formula is C6H10O8S. The van der Waals surface area contributed by atoms with Gasteiger partial charge >= 0.3 is 22.3 Å². The van der Waals surface area contributed by atoms with Crippen LogP contribution in [-0.4, -0.2) is 42.8 Å². The Morgan fingerprint density at radius 1 is 1.00 bits per heavy atom. The summed E-state index contributed by atoms with van der Waals surface area (Å²) in [6, 6.07) is 0. The van der Waals surface area contributed by atoms with Crippen LogP contribution in [0.2, 0.25) is 0 Å². The van der Waals surface area contributed by atoms with E-state index in [0.29, 0.717) is 0 Å². The highest BCUT2D eigenvalue weighted by molar-refractivity contribution is 7.81. The summed E-state index contributed by atoms with van der Waals surface area (Å²) in [4.78, 5) is 20.5. The van der Waals surface area contributed by atoms with Crippen LogP contribution in [0, 0.1) is 0 Å². The van der Waals surface area contributed by atoms with Crippen molar-refractivity contribution in [1.82, 2.24) is 0 Å². The Labute approximate surface area is 85.7 Å². The Bertz CT molecular complexity index is 316. The standard InChI is InChI=1S/C6H10O8S/c1-3(5(7)8)13-15(11,12)14-4(2)6(9)10/h3-4H,1-2H3,(H,7,8)(H,9,10). The van der Waals surface area contributed by atoms with Gasteiger partial charge in [-0.25, -0.2) is 18.0 Å². The fourth-order valence-electron chi connectivity index (χ4n) is 0.459. The van der Waals surface area contributed by atoms with Crippen molar-refractivity contribution >= 4 is 22.3 Å². The van der Waals surface area contributed by atoms with Crippen LogP contribution < -0.4 is 0 Å². The number of rotatable bonds is 6. The highest BCUT2D eigenvalue weighted by atomic mass is 32.3. The van der Waals surface area contributed by atoms with Gasteiger partial charge in [0.05, 0.1) is 0 Å². The van der Waals surface area contributed by atoms with E-state index in [-0.39, 0.29) is 0 Å². The fourth-order valence-corrected chi connectivity index (χ4v) is 1.38. The minimum absolute atomic E-state index is 0.967. The van der Waals surface area contributed by atoms with Crippen LogP contribution in [0.4, 0.5) is 0 Å². The number of aliphatic carboxylic acids is 2. The second-order valence-electron chi connectivity index (χ2n) is 2.56. The molecule has 2 unspecified atom stereocenters. The van der Waals surface area contributed by atoms with E-state index in [1.165, 1.54) is 0 Å². The van der Waals surface area contributed by atoms with Gasteiger partial charge in [0.25, 0.3) is 0 Å². The average Bonchev–Trinajstić information content (AvgIpc) is 2.01. The van der Waals surface area contributed by atoms with E-state index in [2.05, 4.69) is 8.37 Å². The third-order valence-electron chi connectivity index (χ3n) is 1.22. The lowest BCUT2D eigenvalue weighted by Crippen LogP contribution is -2.29. The first kappa shape index (κ1) is 13.8. The zero-order valence-corrected chi connectivity index (χ0v) is 8.72. The van der Waals surface area contributed by atoms with Crippen LogP contribution in [0.15, 0.2) is 0 Å². The van der Waals surface area contributed by atoms with Crippen molar-refractivity contribution in [3.05, 3.63) is 0 Å². The predicted octanol–water partition coefficient (Wildman–Crippen LogP) is -0.789. The molecule has 9 heteroatoms. The van der Waals surface area contributed by atoms with Crippen LogP contribution in [0.25, 0.3) is 0 Å². The first-order chi connectivity index (χ1) is 6.65. The van der Waals surface area contributed by atoms with Crippen molar-refractivity contribution in [1.29, 1.82) is 0 Å². The Morgan fingerprint density at radius 3 is 1.47 bits per heavy atom. The largest absolute Gasteiger partial charge is 0.479 e. The lowest BCUT2D eigenvalue weighted by molar-refractivity contribution is -0.145. The van der Waals surface area contributed by atoms with E-state index >= 15 is 0 Å². The summed E-state index contributed by atoms with van der Waals surface area (Å²) < 4.78 is 29.8. The number of carbonyl (C=O) groups is 2. The Morgan fingerprint density at radius 2 is 1.27 bits per heavy atom. The fraction of sp³-hybridized carbons (Fsp3) is 0.667. The van der Waals surface area contributed by atoms with Gasteiger partial charge in [-0.2, -0.15) is 8.42 Å². The molecule has 0 aromatic carbocycles. The van der Waals surface area contributed by atoms with Crippen molar-refractivity contribution in [3.63, 3.8) is 0 Å². The molecule has 0 aliphatic carbocycles. The van der Waals surface area contributed by atoms with Crippen LogP contribution in [0.3, 0.4) is 0 Å². The van der Waals surface area contributed by atoms with Crippen molar-refractivity contribution in [2.45, 2.75) is 26.1 Å². The number of carboxylic acids is 2. The molecule has 8 nitrogen and oxygen atoms in total. The normalized spacial score (nSPS) is 15.6. The van der Waals surface area contributed by atoms with Crippen LogP contribution in [0.5, 0.6) is 0 Å². The van der Waals surface area contributed by atoms with E-state index in [1.807, 2.05) is 0 Å². The van der Waals surface area contributed by atoms with E-state index < -0.39 is 34.5 Å². The SMILES string of the molecule is CC(OS(=O)(=O)OC(C)C(=O)O)C(=O)O. The monoisotopic (exact) mass is 242 g/mol. The zero-order chi connectivity index (χ0) is 12.2. The average molecular weight is 242 g/mol. The molecule has 0 saturated heterocycles. The molecule has 0 aliphatic rings. The minimum Gasteiger partial charge on any atom is -0.479 e. The molecule has 0 fully saturated rings. The molecule has 15 heavy (non-hydrogen) atoms. The first-order valence-electron chi connectivity index (χ1n) is 3.73. The van der Waals surface area contributed by atoms with Crippen molar-refractivity contribution < 1.29 is 36.6 Å². The van der Waals surface area contributed by atoms with Crippen molar-refractivity contribution in [2.24, 2.45) is 0 Å². The molecule has 2 atom stereocenters. The van der Waals surface area contributed by atoms with Crippen molar-refractivity contribution in [2.75, 3.05) is 0 Å². The minimum atomic E-state index is -4.63. The van der Waals surface area contributed by atoms with Gasteiger partial charge in [-0.05, 0) is 13.8 Å². The molecular weight excluding hydrogens is 232 g/mol. The van der Waals surface area contributed by atoms with Crippen LogP contribution in [0.1, 0.15) is 13.8 Å². The Kier molecular flexibility index (Phi) is 4.65. The lowest BCUT2D eigenvalue weighted by Gasteiger charge is -2.10.